The molecule has 0 N–H and O–H groups in total. The van der Waals surface area contributed by atoms with E-state index >= 15 is 0 Å². The average Bonchev–Trinajstić information content (AvgIpc) is 2.98. The topological polar surface area (TPSA) is 93.4 Å². The molecular formula is C10H11N3O4S3. The van der Waals surface area contributed by atoms with Crippen molar-refractivity contribution in [2.75, 3.05) is 7.05 Å². The van der Waals surface area contributed by atoms with Crippen molar-refractivity contribution in [1.29, 1.82) is 0 Å². The van der Waals surface area contributed by atoms with Crippen molar-refractivity contribution >= 4 is 38.4 Å². The molecule has 0 bridgehead atoms. The summed E-state index contributed by atoms with van der Waals surface area (Å²) in [6.45, 7) is 1.67. The highest BCUT2D eigenvalue weighted by molar-refractivity contribution is 7.91. The van der Waals surface area contributed by atoms with E-state index in [1.54, 1.807) is 11.6 Å². The quantitative estimate of drug-likeness (QED) is 0.618. The van der Waals surface area contributed by atoms with Gasteiger partial charge in [0.2, 0.25) is 0 Å². The molecule has 0 radical (unpaired) electrons. The standard InChI is InChI=1S/C10H11N3O4S3/c1-7-8(13(14)15)5-10(19-7)20(16,17)12(2)6-9-11-3-4-18-9/h3-5H,6H2,1-2H3. The molecule has 10 heteroatoms. The smallest absolute Gasteiger partial charge is 0.258 e. The van der Waals surface area contributed by atoms with Crippen molar-refractivity contribution in [3.05, 3.63) is 37.6 Å². The van der Waals surface area contributed by atoms with Crippen LogP contribution in [0.25, 0.3) is 0 Å². The van der Waals surface area contributed by atoms with Gasteiger partial charge in [0.1, 0.15) is 9.22 Å². The van der Waals surface area contributed by atoms with E-state index in [0.29, 0.717) is 9.88 Å². The Morgan fingerprint density at radius 1 is 1.50 bits per heavy atom. The third kappa shape index (κ3) is 2.87. The van der Waals surface area contributed by atoms with E-state index in [4.69, 9.17) is 0 Å². The van der Waals surface area contributed by atoms with Crippen LogP contribution in [0.2, 0.25) is 0 Å². The van der Waals surface area contributed by atoms with Gasteiger partial charge in [0, 0.05) is 24.7 Å². The molecule has 2 aromatic rings. The Kier molecular flexibility index (Phi) is 4.18. The van der Waals surface area contributed by atoms with Crippen molar-refractivity contribution in [3.8, 4) is 0 Å². The van der Waals surface area contributed by atoms with Gasteiger partial charge in [-0.2, -0.15) is 4.31 Å². The van der Waals surface area contributed by atoms with Crippen LogP contribution in [0.15, 0.2) is 21.9 Å². The minimum Gasteiger partial charge on any atom is -0.258 e. The zero-order valence-corrected chi connectivity index (χ0v) is 13.1. The van der Waals surface area contributed by atoms with E-state index in [-0.39, 0.29) is 16.4 Å². The minimum absolute atomic E-state index is 0.0271. The summed E-state index contributed by atoms with van der Waals surface area (Å²) in [7, 11) is -2.31. The third-order valence-electron chi connectivity index (χ3n) is 2.57. The Hall–Kier alpha value is -1.36. The van der Waals surface area contributed by atoms with Crippen LogP contribution in [-0.2, 0) is 16.6 Å². The number of nitrogens with zero attached hydrogens (tertiary/aromatic N) is 3. The summed E-state index contributed by atoms with van der Waals surface area (Å²) >= 11 is 2.26. The highest BCUT2D eigenvalue weighted by Gasteiger charge is 2.28. The maximum atomic E-state index is 12.3. The first-order chi connectivity index (χ1) is 9.32. The maximum absolute atomic E-state index is 12.3. The molecule has 108 valence electrons. The van der Waals surface area contributed by atoms with Crippen LogP contribution in [0.1, 0.15) is 9.88 Å². The second kappa shape index (κ2) is 5.56. The summed E-state index contributed by atoms with van der Waals surface area (Å²) in [6.07, 6.45) is 1.60. The number of hydrogen-bond acceptors (Lipinski definition) is 7. The fourth-order valence-corrected chi connectivity index (χ4v) is 5.01. The molecule has 0 saturated heterocycles. The van der Waals surface area contributed by atoms with Gasteiger partial charge in [-0.15, -0.1) is 22.7 Å². The average molecular weight is 333 g/mol. The summed E-state index contributed by atoms with van der Waals surface area (Å²) in [5, 5.41) is 13.2. The highest BCUT2D eigenvalue weighted by atomic mass is 32.2. The lowest BCUT2D eigenvalue weighted by Crippen LogP contribution is -2.25. The van der Waals surface area contributed by atoms with Gasteiger partial charge in [-0.1, -0.05) is 0 Å². The van der Waals surface area contributed by atoms with Gasteiger partial charge in [0.15, 0.2) is 0 Å². The maximum Gasteiger partial charge on any atom is 0.284 e. The molecule has 0 aliphatic rings. The molecule has 2 heterocycles. The first-order valence-corrected chi connectivity index (χ1v) is 8.55. The molecule has 0 aromatic carbocycles. The lowest BCUT2D eigenvalue weighted by atomic mass is 10.4. The van der Waals surface area contributed by atoms with E-state index in [1.807, 2.05) is 0 Å². The lowest BCUT2D eigenvalue weighted by Gasteiger charge is -2.13. The van der Waals surface area contributed by atoms with Crippen LogP contribution in [0.5, 0.6) is 0 Å². The molecule has 0 amide bonds. The fraction of sp³-hybridized carbons (Fsp3) is 0.300. The van der Waals surface area contributed by atoms with Gasteiger partial charge >= 0.3 is 0 Å². The monoisotopic (exact) mass is 333 g/mol. The largest absolute Gasteiger partial charge is 0.284 e. The van der Waals surface area contributed by atoms with Crippen molar-refractivity contribution in [2.24, 2.45) is 0 Å². The number of thiazole rings is 1. The van der Waals surface area contributed by atoms with E-state index in [1.165, 1.54) is 25.3 Å². The van der Waals surface area contributed by atoms with Crippen LogP contribution < -0.4 is 0 Å². The van der Waals surface area contributed by atoms with E-state index in [0.717, 1.165) is 21.7 Å². The van der Waals surface area contributed by atoms with Gasteiger partial charge in [-0.05, 0) is 6.92 Å². The van der Waals surface area contributed by atoms with Crippen molar-refractivity contribution in [2.45, 2.75) is 17.7 Å². The van der Waals surface area contributed by atoms with Gasteiger partial charge in [-0.25, -0.2) is 13.4 Å². The molecule has 0 atom stereocenters. The van der Waals surface area contributed by atoms with Gasteiger partial charge < -0.3 is 0 Å². The molecule has 0 aliphatic heterocycles. The number of nitro groups is 1. The number of aromatic nitrogens is 1. The minimum atomic E-state index is -3.74. The lowest BCUT2D eigenvalue weighted by molar-refractivity contribution is -0.385. The predicted octanol–water partition coefficient (Wildman–Crippen LogP) is 2.24. The number of hydrogen-bond donors (Lipinski definition) is 0. The predicted molar refractivity (Wildman–Crippen MR) is 76.5 cm³/mol. The number of sulfonamides is 1. The Bertz CT molecular complexity index is 721. The Labute approximate surface area is 123 Å². The summed E-state index contributed by atoms with van der Waals surface area (Å²) in [6, 6.07) is 1.10. The highest BCUT2D eigenvalue weighted by Crippen LogP contribution is 2.33. The first kappa shape index (κ1) is 15.0. The summed E-state index contributed by atoms with van der Waals surface area (Å²) < 4.78 is 25.8. The summed E-state index contributed by atoms with van der Waals surface area (Å²) in [5.74, 6) is 0. The van der Waals surface area contributed by atoms with Crippen molar-refractivity contribution < 1.29 is 13.3 Å². The molecule has 2 rings (SSSR count). The van der Waals surface area contributed by atoms with Gasteiger partial charge in [0.05, 0.1) is 16.3 Å². The third-order valence-corrected chi connectivity index (χ3v) is 6.63. The van der Waals surface area contributed by atoms with Crippen LogP contribution in [0.4, 0.5) is 5.69 Å². The fourth-order valence-electron chi connectivity index (χ4n) is 1.51. The molecule has 0 unspecified atom stereocenters. The van der Waals surface area contributed by atoms with Crippen LogP contribution in [0, 0.1) is 17.0 Å². The molecule has 0 aliphatic carbocycles. The van der Waals surface area contributed by atoms with E-state index < -0.39 is 14.9 Å². The number of thiophene rings is 1. The molecule has 7 nitrogen and oxygen atoms in total. The molecular weight excluding hydrogens is 322 g/mol. The summed E-state index contributed by atoms with van der Waals surface area (Å²) in [4.78, 5) is 14.6. The van der Waals surface area contributed by atoms with Crippen molar-refractivity contribution in [1.82, 2.24) is 9.29 Å². The molecule has 0 spiro atoms. The van der Waals surface area contributed by atoms with Crippen molar-refractivity contribution in [3.63, 3.8) is 0 Å². The molecule has 0 fully saturated rings. The molecule has 2 aromatic heterocycles. The number of rotatable bonds is 5. The van der Waals surface area contributed by atoms with E-state index in [2.05, 4.69) is 4.98 Å². The number of aryl methyl sites for hydroxylation is 1. The van der Waals surface area contributed by atoms with Crippen LogP contribution in [0.3, 0.4) is 0 Å². The zero-order valence-electron chi connectivity index (χ0n) is 10.6. The Morgan fingerprint density at radius 3 is 2.70 bits per heavy atom. The first-order valence-electron chi connectivity index (χ1n) is 5.42. The molecule has 20 heavy (non-hydrogen) atoms. The van der Waals surface area contributed by atoms with Crippen LogP contribution in [-0.4, -0.2) is 29.7 Å². The van der Waals surface area contributed by atoms with E-state index in [9.17, 15) is 18.5 Å². The zero-order chi connectivity index (χ0) is 14.9. The SMILES string of the molecule is Cc1sc(S(=O)(=O)N(C)Cc2nccs2)cc1[N+](=O)[O-]. The van der Waals surface area contributed by atoms with Gasteiger partial charge in [-0.3, -0.25) is 10.1 Å². The van der Waals surface area contributed by atoms with Crippen LogP contribution >= 0.6 is 22.7 Å². The normalized spacial score (nSPS) is 11.9. The summed E-state index contributed by atoms with van der Waals surface area (Å²) in [5.41, 5.74) is -0.170. The Balaban J connectivity index is 2.30. The molecule has 0 saturated carbocycles. The second-order valence-corrected chi connectivity index (χ2v) is 8.46. The second-order valence-electron chi connectivity index (χ2n) is 3.95. The Morgan fingerprint density at radius 2 is 2.20 bits per heavy atom. The van der Waals surface area contributed by atoms with Gasteiger partial charge in [0.25, 0.3) is 15.7 Å².